The van der Waals surface area contributed by atoms with Gasteiger partial charge >= 0.3 is 17.9 Å². The minimum absolute atomic E-state index is 0.0112. The second kappa shape index (κ2) is 9.50. The van der Waals surface area contributed by atoms with Gasteiger partial charge in [-0.1, -0.05) is 13.8 Å². The van der Waals surface area contributed by atoms with E-state index in [1.165, 1.54) is 6.08 Å². The molecule has 25 heavy (non-hydrogen) atoms. The lowest BCUT2D eigenvalue weighted by Crippen LogP contribution is -2.59. The van der Waals surface area contributed by atoms with Crippen molar-refractivity contribution < 1.29 is 34.4 Å². The van der Waals surface area contributed by atoms with Gasteiger partial charge < -0.3 is 25.8 Å². The first kappa shape index (κ1) is 21.1. The van der Waals surface area contributed by atoms with E-state index < -0.39 is 48.6 Å². The van der Waals surface area contributed by atoms with E-state index in [1.807, 2.05) is 13.8 Å². The lowest BCUT2D eigenvalue weighted by atomic mass is 9.87. The van der Waals surface area contributed by atoms with Gasteiger partial charge in [0.2, 0.25) is 0 Å². The fourth-order valence-corrected chi connectivity index (χ4v) is 2.79. The third kappa shape index (κ3) is 6.11. The van der Waals surface area contributed by atoms with Crippen LogP contribution in [-0.2, 0) is 19.1 Å². The summed E-state index contributed by atoms with van der Waals surface area (Å²) in [5.74, 6) is -3.75. The van der Waals surface area contributed by atoms with Gasteiger partial charge in [-0.2, -0.15) is 0 Å². The Bertz CT molecular complexity index is 531. The van der Waals surface area contributed by atoms with Crippen LogP contribution in [0.4, 0.5) is 0 Å². The van der Waals surface area contributed by atoms with Gasteiger partial charge in [0, 0.05) is 11.6 Å². The molecule has 0 saturated carbocycles. The molecule has 0 amide bonds. The standard InChI is InChI=1S/C16H26N2O7/c1-3-9(4-2)25-12-6-8(15(21)22)5-10(14(12)17)18-11(16(23)24)7-13(19)20/h6,9-12,14,18H,3-5,7,17H2,1-2H3,(H,19,20)(H,21,22)(H,23,24)/t10-,11?,12+,14+/m1/s1. The molecule has 9 nitrogen and oxygen atoms in total. The van der Waals surface area contributed by atoms with E-state index in [-0.39, 0.29) is 18.1 Å². The molecule has 9 heteroatoms. The molecule has 0 aromatic heterocycles. The smallest absolute Gasteiger partial charge is 0.331 e. The summed E-state index contributed by atoms with van der Waals surface area (Å²) in [7, 11) is 0. The molecule has 0 aliphatic heterocycles. The fourth-order valence-electron chi connectivity index (χ4n) is 2.79. The predicted molar refractivity (Wildman–Crippen MR) is 88.2 cm³/mol. The number of hydrogen-bond acceptors (Lipinski definition) is 6. The lowest BCUT2D eigenvalue weighted by molar-refractivity contribution is -0.146. The lowest BCUT2D eigenvalue weighted by Gasteiger charge is -2.37. The number of aliphatic carboxylic acids is 3. The Morgan fingerprint density at radius 3 is 2.32 bits per heavy atom. The van der Waals surface area contributed by atoms with Crippen molar-refractivity contribution in [2.75, 3.05) is 0 Å². The van der Waals surface area contributed by atoms with Crippen molar-refractivity contribution >= 4 is 17.9 Å². The van der Waals surface area contributed by atoms with Crippen LogP contribution in [-0.4, -0.2) is 63.6 Å². The zero-order valence-electron chi connectivity index (χ0n) is 14.3. The first-order valence-corrected chi connectivity index (χ1v) is 8.25. The summed E-state index contributed by atoms with van der Waals surface area (Å²) < 4.78 is 5.87. The molecular weight excluding hydrogens is 332 g/mol. The summed E-state index contributed by atoms with van der Waals surface area (Å²) in [5.41, 5.74) is 6.22. The molecule has 142 valence electrons. The van der Waals surface area contributed by atoms with Gasteiger partial charge in [0.1, 0.15) is 6.04 Å². The maximum absolute atomic E-state index is 11.4. The summed E-state index contributed by atoms with van der Waals surface area (Å²) >= 11 is 0. The molecular formula is C16H26N2O7. The molecule has 1 unspecified atom stereocenters. The van der Waals surface area contributed by atoms with Crippen LogP contribution in [0.25, 0.3) is 0 Å². The van der Waals surface area contributed by atoms with Gasteiger partial charge in [-0.15, -0.1) is 0 Å². The highest BCUT2D eigenvalue weighted by atomic mass is 16.5. The van der Waals surface area contributed by atoms with Gasteiger partial charge in [-0.25, -0.2) is 4.79 Å². The van der Waals surface area contributed by atoms with Crippen LogP contribution in [0.1, 0.15) is 39.5 Å². The average molecular weight is 358 g/mol. The molecule has 0 aromatic carbocycles. The molecule has 0 saturated heterocycles. The second-order valence-electron chi connectivity index (χ2n) is 6.08. The van der Waals surface area contributed by atoms with Crippen LogP contribution in [0.2, 0.25) is 0 Å². The van der Waals surface area contributed by atoms with E-state index in [0.717, 1.165) is 12.8 Å². The van der Waals surface area contributed by atoms with Crippen molar-refractivity contribution in [3.63, 3.8) is 0 Å². The Kier molecular flexibility index (Phi) is 8.01. The van der Waals surface area contributed by atoms with Crippen molar-refractivity contribution in [2.45, 2.75) is 69.9 Å². The maximum Gasteiger partial charge on any atom is 0.331 e. The summed E-state index contributed by atoms with van der Waals surface area (Å²) in [6.07, 6.45) is 1.47. The maximum atomic E-state index is 11.4. The molecule has 0 spiro atoms. The molecule has 0 fully saturated rings. The topological polar surface area (TPSA) is 159 Å². The number of carboxylic acid groups (broad SMARTS) is 3. The summed E-state index contributed by atoms with van der Waals surface area (Å²) in [4.78, 5) is 33.5. The van der Waals surface area contributed by atoms with Gasteiger partial charge in [-0.3, -0.25) is 14.9 Å². The number of hydrogen-bond donors (Lipinski definition) is 5. The number of ether oxygens (including phenoxy) is 1. The number of nitrogens with one attached hydrogen (secondary N) is 1. The zero-order valence-corrected chi connectivity index (χ0v) is 14.3. The Morgan fingerprint density at radius 1 is 1.28 bits per heavy atom. The minimum Gasteiger partial charge on any atom is -0.481 e. The average Bonchev–Trinajstić information content (AvgIpc) is 2.53. The van der Waals surface area contributed by atoms with Crippen molar-refractivity contribution in [2.24, 2.45) is 5.73 Å². The van der Waals surface area contributed by atoms with Gasteiger partial charge in [0.15, 0.2) is 0 Å². The molecule has 4 atom stereocenters. The van der Waals surface area contributed by atoms with Crippen LogP contribution < -0.4 is 11.1 Å². The molecule has 0 heterocycles. The fraction of sp³-hybridized carbons (Fsp3) is 0.688. The van der Waals surface area contributed by atoms with E-state index in [2.05, 4.69) is 5.32 Å². The highest BCUT2D eigenvalue weighted by molar-refractivity contribution is 5.87. The number of carbonyl (C=O) groups is 3. The minimum atomic E-state index is -1.37. The van der Waals surface area contributed by atoms with E-state index in [1.54, 1.807) is 0 Å². The first-order chi connectivity index (χ1) is 11.7. The largest absolute Gasteiger partial charge is 0.481 e. The van der Waals surface area contributed by atoms with Crippen molar-refractivity contribution in [1.29, 1.82) is 0 Å². The Morgan fingerprint density at radius 2 is 1.88 bits per heavy atom. The molecule has 1 rings (SSSR count). The molecule has 1 aliphatic carbocycles. The van der Waals surface area contributed by atoms with Crippen LogP contribution in [0.5, 0.6) is 0 Å². The summed E-state index contributed by atoms with van der Waals surface area (Å²) in [6.45, 7) is 3.88. The molecule has 0 bridgehead atoms. The Balaban J connectivity index is 2.99. The highest BCUT2D eigenvalue weighted by Crippen LogP contribution is 2.23. The van der Waals surface area contributed by atoms with E-state index >= 15 is 0 Å². The van der Waals surface area contributed by atoms with Crippen LogP contribution in [0.15, 0.2) is 11.6 Å². The van der Waals surface area contributed by atoms with Gasteiger partial charge in [0.05, 0.1) is 24.7 Å². The SMILES string of the molecule is CCC(CC)O[C@H]1C=C(C(=O)O)C[C@@H](NC(CC(=O)O)C(=O)O)[C@@H]1N. The molecule has 1 aliphatic rings. The Hall–Kier alpha value is -1.97. The van der Waals surface area contributed by atoms with E-state index in [0.29, 0.717) is 0 Å². The van der Waals surface area contributed by atoms with Gasteiger partial charge in [-0.05, 0) is 25.3 Å². The van der Waals surface area contributed by atoms with Crippen molar-refractivity contribution in [3.8, 4) is 0 Å². The van der Waals surface area contributed by atoms with Gasteiger partial charge in [0.25, 0.3) is 0 Å². The third-order valence-electron chi connectivity index (χ3n) is 4.28. The highest BCUT2D eigenvalue weighted by Gasteiger charge is 2.37. The number of nitrogens with two attached hydrogens (primary N) is 1. The zero-order chi connectivity index (χ0) is 19.1. The van der Waals surface area contributed by atoms with Crippen LogP contribution in [0.3, 0.4) is 0 Å². The molecule has 0 radical (unpaired) electrons. The number of rotatable bonds is 10. The predicted octanol–water partition coefficient (Wildman–Crippen LogP) is 0.188. The van der Waals surface area contributed by atoms with E-state index in [4.69, 9.17) is 15.6 Å². The summed E-state index contributed by atoms with van der Waals surface area (Å²) in [6, 6.07) is -2.79. The normalized spacial score (nSPS) is 24.6. The van der Waals surface area contributed by atoms with Crippen molar-refractivity contribution in [3.05, 3.63) is 11.6 Å². The summed E-state index contributed by atoms with van der Waals surface area (Å²) in [5, 5.41) is 30.0. The van der Waals surface area contributed by atoms with Crippen LogP contribution in [0, 0.1) is 0 Å². The third-order valence-corrected chi connectivity index (χ3v) is 4.28. The Labute approximate surface area is 145 Å². The van der Waals surface area contributed by atoms with Crippen LogP contribution >= 0.6 is 0 Å². The second-order valence-corrected chi connectivity index (χ2v) is 6.08. The molecule has 0 aromatic rings. The molecule has 6 N–H and O–H groups in total. The van der Waals surface area contributed by atoms with E-state index in [9.17, 15) is 24.6 Å². The number of carboxylic acids is 3. The quantitative estimate of drug-likeness (QED) is 0.367. The first-order valence-electron chi connectivity index (χ1n) is 8.25. The monoisotopic (exact) mass is 358 g/mol. The van der Waals surface area contributed by atoms with Crippen molar-refractivity contribution in [1.82, 2.24) is 5.32 Å².